The minimum absolute atomic E-state index is 0.107. The average molecular weight is 1340 g/mol. The molecule has 0 saturated carbocycles. The van der Waals surface area contributed by atoms with Crippen LogP contribution in [0.2, 0.25) is 0 Å². The first-order chi connectivity index (χ1) is 44.0. The Morgan fingerprint density at radius 1 is 0.297 bits per heavy atom. The van der Waals surface area contributed by atoms with Crippen LogP contribution in [0.5, 0.6) is 0 Å². The lowest BCUT2D eigenvalue weighted by Crippen LogP contribution is -2.30. The van der Waals surface area contributed by atoms with Crippen LogP contribution in [0.4, 0.5) is 0 Å². The van der Waals surface area contributed by atoms with Crippen molar-refractivity contribution in [1.82, 2.24) is 0 Å². The highest BCUT2D eigenvalue weighted by Crippen LogP contribution is 2.45. The third-order valence-electron chi connectivity index (χ3n) is 16.8. The zero-order chi connectivity index (χ0) is 67.0. The van der Waals surface area contributed by atoms with Crippen LogP contribution < -0.4 is 0 Å². The molecular weight excluding hydrogens is 1200 g/mol. The lowest BCUT2D eigenvalue weighted by atomic mass is 10.0. The van der Waals surface area contributed by atoms with E-state index >= 15 is 0 Å². The van der Waals surface area contributed by atoms with Gasteiger partial charge in [0.1, 0.15) is 19.3 Å². The van der Waals surface area contributed by atoms with Gasteiger partial charge in [0.25, 0.3) is 0 Å². The molecular formula is C72H140O17P2. The summed E-state index contributed by atoms with van der Waals surface area (Å²) >= 11 is 0. The van der Waals surface area contributed by atoms with Crippen molar-refractivity contribution in [3.63, 3.8) is 0 Å². The van der Waals surface area contributed by atoms with E-state index in [4.69, 9.17) is 37.0 Å². The summed E-state index contributed by atoms with van der Waals surface area (Å²) in [5.41, 5.74) is 0. The van der Waals surface area contributed by atoms with E-state index in [0.29, 0.717) is 25.7 Å². The molecule has 0 aromatic carbocycles. The standard InChI is InChI=1S/C72H140O17P2/c1-6-9-12-15-18-21-23-24-25-26-27-30-34-38-43-48-53-58-72(77)89-68(62-83-70(75)56-51-46-41-37-33-31-28-29-32-35-39-44-49-54-65(4)5)64-87-91(80,81)85-60-66(73)59-84-90(78,79)86-63-67(61-82-69(74)55-50-45-40-20-17-14-11-8-3)88-71(76)57-52-47-42-36-22-19-16-13-10-7-2/h65-68,73H,6-64H2,1-5H3,(H,78,79)(H,80,81)/t66-,67+,68+/m0/s1. The van der Waals surface area contributed by atoms with Crippen LogP contribution in [0.15, 0.2) is 0 Å². The molecule has 540 valence electrons. The number of carbonyl (C=O) groups excluding carboxylic acids is 4. The fourth-order valence-corrected chi connectivity index (χ4v) is 12.6. The quantitative estimate of drug-likeness (QED) is 0.0222. The Hall–Kier alpha value is -1.94. The van der Waals surface area contributed by atoms with Crippen molar-refractivity contribution in [2.24, 2.45) is 5.92 Å². The molecule has 19 heteroatoms. The molecule has 0 radical (unpaired) electrons. The van der Waals surface area contributed by atoms with Crippen LogP contribution in [0.3, 0.4) is 0 Å². The first-order valence-electron chi connectivity index (χ1n) is 37.6. The van der Waals surface area contributed by atoms with Crippen LogP contribution in [0.1, 0.15) is 375 Å². The van der Waals surface area contributed by atoms with Crippen LogP contribution >= 0.6 is 15.6 Å². The zero-order valence-electron chi connectivity index (χ0n) is 59.0. The van der Waals surface area contributed by atoms with E-state index in [0.717, 1.165) is 102 Å². The van der Waals surface area contributed by atoms with Gasteiger partial charge in [0, 0.05) is 25.7 Å². The number of aliphatic hydroxyl groups excluding tert-OH is 1. The van der Waals surface area contributed by atoms with Gasteiger partial charge in [-0.15, -0.1) is 0 Å². The number of hydrogen-bond donors (Lipinski definition) is 3. The number of carbonyl (C=O) groups is 4. The lowest BCUT2D eigenvalue weighted by molar-refractivity contribution is -0.161. The molecule has 0 aliphatic rings. The predicted octanol–water partition coefficient (Wildman–Crippen LogP) is 20.9. The van der Waals surface area contributed by atoms with Gasteiger partial charge in [-0.3, -0.25) is 37.3 Å². The van der Waals surface area contributed by atoms with Crippen LogP contribution in [0.25, 0.3) is 0 Å². The Morgan fingerprint density at radius 3 is 0.747 bits per heavy atom. The summed E-state index contributed by atoms with van der Waals surface area (Å²) in [7, 11) is -9.90. The SMILES string of the molecule is CCCCCCCCCCCCCCCCCCCC(=O)O[C@H](COC(=O)CCCCCCCCCCCCCCCC(C)C)COP(=O)(O)OC[C@@H](O)COP(=O)(O)OC[C@@H](COC(=O)CCCCCCCCCC)OC(=O)CCCCCCCCCCCC. The number of aliphatic hydroxyl groups is 1. The fourth-order valence-electron chi connectivity index (χ4n) is 11.0. The molecule has 0 aromatic rings. The largest absolute Gasteiger partial charge is 0.472 e. The Morgan fingerprint density at radius 2 is 0.505 bits per heavy atom. The van der Waals surface area contributed by atoms with Gasteiger partial charge in [0.2, 0.25) is 0 Å². The minimum Gasteiger partial charge on any atom is -0.462 e. The third-order valence-corrected chi connectivity index (χ3v) is 18.7. The molecule has 2 unspecified atom stereocenters. The smallest absolute Gasteiger partial charge is 0.462 e. The Labute approximate surface area is 556 Å². The maximum absolute atomic E-state index is 13.0. The van der Waals surface area contributed by atoms with Crippen molar-refractivity contribution < 1.29 is 80.2 Å². The number of hydrogen-bond acceptors (Lipinski definition) is 15. The molecule has 17 nitrogen and oxygen atoms in total. The second kappa shape index (κ2) is 65.4. The first-order valence-corrected chi connectivity index (χ1v) is 40.6. The molecule has 0 saturated heterocycles. The maximum atomic E-state index is 13.0. The molecule has 0 aliphatic heterocycles. The summed E-state index contributed by atoms with van der Waals surface area (Å²) in [6, 6.07) is 0. The molecule has 0 spiro atoms. The van der Waals surface area contributed by atoms with Crippen molar-refractivity contribution in [2.75, 3.05) is 39.6 Å². The van der Waals surface area contributed by atoms with E-state index < -0.39 is 97.5 Å². The van der Waals surface area contributed by atoms with Crippen LogP contribution in [-0.4, -0.2) is 96.7 Å². The van der Waals surface area contributed by atoms with Crippen molar-refractivity contribution in [2.45, 2.75) is 393 Å². The van der Waals surface area contributed by atoms with Gasteiger partial charge in [-0.05, 0) is 31.6 Å². The van der Waals surface area contributed by atoms with Crippen molar-refractivity contribution >= 4 is 39.5 Å². The normalized spacial score (nSPS) is 14.0. The van der Waals surface area contributed by atoms with E-state index in [2.05, 4.69) is 34.6 Å². The highest BCUT2D eigenvalue weighted by molar-refractivity contribution is 7.47. The number of phosphoric ester groups is 2. The van der Waals surface area contributed by atoms with E-state index in [1.165, 1.54) is 193 Å². The van der Waals surface area contributed by atoms with E-state index in [1.807, 2.05) is 0 Å². The first kappa shape index (κ1) is 89.1. The second-order valence-electron chi connectivity index (χ2n) is 26.5. The molecule has 0 bridgehead atoms. The minimum atomic E-state index is -4.95. The van der Waals surface area contributed by atoms with Gasteiger partial charge in [-0.2, -0.15) is 0 Å². The molecule has 0 amide bonds. The summed E-state index contributed by atoms with van der Waals surface area (Å²) in [6.45, 7) is 7.25. The Kier molecular flexibility index (Phi) is 64.0. The molecule has 0 aliphatic carbocycles. The highest BCUT2D eigenvalue weighted by Gasteiger charge is 2.30. The highest BCUT2D eigenvalue weighted by atomic mass is 31.2. The molecule has 3 N–H and O–H groups in total. The number of unbranched alkanes of at least 4 members (excludes halogenated alkanes) is 44. The monoisotopic (exact) mass is 1340 g/mol. The Bertz CT molecular complexity index is 1750. The van der Waals surface area contributed by atoms with Crippen LogP contribution in [-0.2, 0) is 65.4 Å². The summed E-state index contributed by atoms with van der Waals surface area (Å²) in [5, 5.41) is 10.6. The van der Waals surface area contributed by atoms with Crippen LogP contribution in [0, 0.1) is 5.92 Å². The van der Waals surface area contributed by atoms with Gasteiger partial charge < -0.3 is 33.8 Å². The van der Waals surface area contributed by atoms with E-state index in [-0.39, 0.29) is 25.7 Å². The zero-order valence-corrected chi connectivity index (χ0v) is 60.8. The molecule has 0 fully saturated rings. The Balaban J connectivity index is 5.20. The lowest BCUT2D eigenvalue weighted by Gasteiger charge is -2.21. The summed E-state index contributed by atoms with van der Waals surface area (Å²) in [6.07, 6.45) is 52.7. The maximum Gasteiger partial charge on any atom is 0.472 e. The fraction of sp³-hybridized carbons (Fsp3) is 0.944. The van der Waals surface area contributed by atoms with Crippen molar-refractivity contribution in [1.29, 1.82) is 0 Å². The van der Waals surface area contributed by atoms with E-state index in [1.54, 1.807) is 0 Å². The molecule has 0 rings (SSSR count). The second-order valence-corrected chi connectivity index (χ2v) is 29.4. The topological polar surface area (TPSA) is 237 Å². The van der Waals surface area contributed by atoms with Gasteiger partial charge in [0.05, 0.1) is 26.4 Å². The number of ether oxygens (including phenoxy) is 4. The number of rotatable bonds is 72. The number of phosphoric acid groups is 2. The third kappa shape index (κ3) is 66.5. The van der Waals surface area contributed by atoms with Gasteiger partial charge >= 0.3 is 39.5 Å². The predicted molar refractivity (Wildman–Crippen MR) is 368 cm³/mol. The van der Waals surface area contributed by atoms with Gasteiger partial charge in [-0.25, -0.2) is 9.13 Å². The van der Waals surface area contributed by atoms with Crippen molar-refractivity contribution in [3.05, 3.63) is 0 Å². The number of esters is 4. The molecule has 91 heavy (non-hydrogen) atoms. The van der Waals surface area contributed by atoms with Gasteiger partial charge in [-0.1, -0.05) is 324 Å². The molecule has 0 heterocycles. The average Bonchev–Trinajstić information content (AvgIpc) is 3.32. The van der Waals surface area contributed by atoms with Crippen molar-refractivity contribution in [3.8, 4) is 0 Å². The van der Waals surface area contributed by atoms with E-state index in [9.17, 15) is 43.2 Å². The molecule has 0 aromatic heterocycles. The summed E-state index contributed by atoms with van der Waals surface area (Å²) in [5.74, 6) is -1.33. The van der Waals surface area contributed by atoms with Gasteiger partial charge in [0.15, 0.2) is 12.2 Å². The molecule has 5 atom stereocenters. The summed E-state index contributed by atoms with van der Waals surface area (Å²) < 4.78 is 68.3. The summed E-state index contributed by atoms with van der Waals surface area (Å²) in [4.78, 5) is 72.5.